The Morgan fingerprint density at radius 2 is 1.32 bits per heavy atom. The maximum absolute atomic E-state index is 11.8. The Hall–Kier alpha value is -0.690. The van der Waals surface area contributed by atoms with E-state index in [1.165, 1.54) is 0 Å². The van der Waals surface area contributed by atoms with Crippen LogP contribution >= 0.6 is 0 Å². The molecule has 2 saturated carbocycles. The second-order valence-electron chi connectivity index (χ2n) is 10.3. The quantitative estimate of drug-likeness (QED) is 0.619. The Kier molecular flexibility index (Phi) is 7.39. The van der Waals surface area contributed by atoms with Crippen molar-refractivity contribution in [2.24, 2.45) is 0 Å². The molecule has 0 aromatic carbocycles. The zero-order valence-corrected chi connectivity index (χ0v) is 19.5. The van der Waals surface area contributed by atoms with Gasteiger partial charge in [0.2, 0.25) is 0 Å². The summed E-state index contributed by atoms with van der Waals surface area (Å²) in [4.78, 5) is 11.8. The fourth-order valence-electron chi connectivity index (χ4n) is 5.70. The van der Waals surface area contributed by atoms with Gasteiger partial charge < -0.3 is 43.0 Å². The smallest absolute Gasteiger partial charge is 0.187 e. The molecule has 6 aliphatic rings. The predicted octanol–water partition coefficient (Wildman–Crippen LogP) is 2.29. The lowest BCUT2D eigenvalue weighted by molar-refractivity contribution is -0.289. The van der Waals surface area contributed by atoms with E-state index >= 15 is 0 Å². The van der Waals surface area contributed by atoms with Gasteiger partial charge in [-0.05, 0) is 47.0 Å². The van der Waals surface area contributed by atoms with Crippen molar-refractivity contribution < 1.29 is 47.8 Å². The summed E-state index contributed by atoms with van der Waals surface area (Å²) in [7, 11) is 3.14. The molecule has 1 N–H and O–H groups in total. The van der Waals surface area contributed by atoms with Crippen LogP contribution in [-0.2, 0) is 42.7 Å². The lowest BCUT2D eigenvalue weighted by Gasteiger charge is -2.45. The van der Waals surface area contributed by atoms with Gasteiger partial charge >= 0.3 is 0 Å². The molecule has 10 nitrogen and oxygen atoms in total. The van der Waals surface area contributed by atoms with Crippen LogP contribution in [0.1, 0.15) is 68.2 Å². The molecule has 10 heteroatoms. The monoisotopic (exact) mass is 490 g/mol. The predicted molar refractivity (Wildman–Crippen MR) is 120 cm³/mol. The van der Waals surface area contributed by atoms with Crippen molar-refractivity contribution in [1.82, 2.24) is 0 Å². The highest BCUT2D eigenvalue weighted by atomic mass is 16.8. The van der Waals surface area contributed by atoms with Crippen molar-refractivity contribution in [3.05, 3.63) is 0 Å². The van der Waals surface area contributed by atoms with E-state index in [-0.39, 0.29) is 45.1 Å². The Bertz CT molecular complexity index is 771. The molecule has 0 aromatic heterocycles. The Balaban J connectivity index is 0.000000180. The number of hydrogen-bond acceptors (Lipinski definition) is 10. The number of aliphatic hydroxyl groups is 1. The van der Waals surface area contributed by atoms with E-state index < -0.39 is 41.5 Å². The molecule has 0 bridgehead atoms. The van der Waals surface area contributed by atoms with Crippen LogP contribution in [-0.4, -0.2) is 91.0 Å². The lowest BCUT2D eigenvalue weighted by Crippen LogP contribution is -2.59. The highest BCUT2D eigenvalue weighted by molar-refractivity contribution is 5.94. The van der Waals surface area contributed by atoms with Gasteiger partial charge in [0.25, 0.3) is 0 Å². The average molecular weight is 491 g/mol. The van der Waals surface area contributed by atoms with Crippen molar-refractivity contribution in [3.63, 3.8) is 0 Å². The molecule has 4 saturated heterocycles. The van der Waals surface area contributed by atoms with Gasteiger partial charge in [-0.3, -0.25) is 4.79 Å². The van der Waals surface area contributed by atoms with Crippen LogP contribution in [0.4, 0.5) is 0 Å². The molecular weight excluding hydrogens is 448 g/mol. The summed E-state index contributed by atoms with van der Waals surface area (Å²) in [6.45, 7) is 7.43. The number of ether oxygens (including phenoxy) is 8. The van der Waals surface area contributed by atoms with Crippen molar-refractivity contribution in [3.8, 4) is 0 Å². The summed E-state index contributed by atoms with van der Waals surface area (Å²) in [6.07, 6.45) is 0.299. The number of Topliss-reactive ketones (excluding diaryl/α,β-unsaturated/α-hetero) is 1. The molecule has 4 heterocycles. The van der Waals surface area contributed by atoms with Crippen LogP contribution in [0, 0.1) is 0 Å². The first-order valence-corrected chi connectivity index (χ1v) is 11.3. The molecule has 2 unspecified atom stereocenters. The van der Waals surface area contributed by atoms with Crippen LogP contribution in [0.5, 0.6) is 0 Å². The molecule has 6 fully saturated rings. The number of hydrogen-bond donors (Lipinski definition) is 1. The second-order valence-corrected chi connectivity index (χ2v) is 10.3. The van der Waals surface area contributed by atoms with Gasteiger partial charge in [0.05, 0.1) is 6.10 Å². The highest BCUT2D eigenvalue weighted by Crippen LogP contribution is 2.53. The Morgan fingerprint density at radius 3 is 1.74 bits per heavy atom. The number of rotatable bonds is 2. The van der Waals surface area contributed by atoms with Crippen molar-refractivity contribution in [2.45, 2.75) is 134 Å². The summed E-state index contributed by atoms with van der Waals surface area (Å²) in [6, 6.07) is 0. The normalized spacial score (nSPS) is 48.7. The molecule has 2 spiro atoms. The van der Waals surface area contributed by atoms with Gasteiger partial charge in [0, 0.05) is 20.6 Å². The van der Waals surface area contributed by atoms with Gasteiger partial charge in [-0.1, -0.05) is 14.9 Å². The number of methoxy groups -OCH3 is 2. The van der Waals surface area contributed by atoms with Crippen LogP contribution in [0.2, 0.25) is 0 Å². The number of carbonyl (C=O) groups is 1. The van der Waals surface area contributed by atoms with Gasteiger partial charge in [-0.25, -0.2) is 0 Å². The molecule has 9 atom stereocenters. The van der Waals surface area contributed by atoms with Gasteiger partial charge in [0.15, 0.2) is 35.5 Å². The van der Waals surface area contributed by atoms with Crippen molar-refractivity contribution in [1.29, 1.82) is 0 Å². The third-order valence-electron chi connectivity index (χ3n) is 7.43. The summed E-state index contributed by atoms with van der Waals surface area (Å²) in [5.41, 5.74) is -1.42. The summed E-state index contributed by atoms with van der Waals surface area (Å²) in [5, 5.41) is 9.91. The molecule has 4 aliphatic heterocycles. The molecule has 0 amide bonds. The third-order valence-corrected chi connectivity index (χ3v) is 7.43. The van der Waals surface area contributed by atoms with E-state index in [2.05, 4.69) is 0 Å². The number of aliphatic hydroxyl groups excluding tert-OH is 1. The molecule has 0 aromatic rings. The summed E-state index contributed by atoms with van der Waals surface area (Å²) >= 11 is 0. The van der Waals surface area contributed by atoms with Crippen LogP contribution < -0.4 is 0 Å². The zero-order valence-electron chi connectivity index (χ0n) is 19.5. The fraction of sp³-hybridized carbons (Fsp3) is 0.958. The second kappa shape index (κ2) is 9.00. The van der Waals surface area contributed by atoms with E-state index in [9.17, 15) is 9.90 Å². The molecule has 198 valence electrons. The maximum atomic E-state index is 11.8. The summed E-state index contributed by atoms with van der Waals surface area (Å²) < 4.78 is 45.1. The first-order chi connectivity index (χ1) is 15.0. The van der Waals surface area contributed by atoms with Crippen LogP contribution in [0.25, 0.3) is 0 Å². The van der Waals surface area contributed by atoms with E-state index in [1.54, 1.807) is 14.2 Å². The minimum absolute atomic E-state index is 0. The molecular formula is C24H42O10. The largest absolute Gasteiger partial charge is 0.390 e. The van der Waals surface area contributed by atoms with Crippen molar-refractivity contribution >= 4 is 5.78 Å². The van der Waals surface area contributed by atoms with Crippen molar-refractivity contribution in [2.75, 3.05) is 14.2 Å². The highest BCUT2D eigenvalue weighted by Gasteiger charge is 2.70. The topological polar surface area (TPSA) is 111 Å². The van der Waals surface area contributed by atoms with E-state index in [0.29, 0.717) is 12.8 Å². The minimum atomic E-state index is -0.806. The van der Waals surface area contributed by atoms with E-state index in [4.69, 9.17) is 37.9 Å². The van der Waals surface area contributed by atoms with E-state index in [0.717, 1.165) is 12.8 Å². The number of ketones is 1. The standard InChI is InChI=1S/C11H18O5.C11H16O5.2CH4/c2*1-10(2)14-7-8(15-10)11(5-4-6(11)12)16-9(7)13-3;;/h6-9,12H,4-5H2,1-3H3;7-9H,4-5H2,1-3H3;2*1H4/t6-,7?,8-,9-,11-;7?,8-,9-,11-;;/m11../s1. The Labute approximate surface area is 202 Å². The molecule has 2 aliphatic carbocycles. The first kappa shape index (κ1) is 27.9. The van der Waals surface area contributed by atoms with Gasteiger partial charge in [-0.2, -0.15) is 0 Å². The van der Waals surface area contributed by atoms with Crippen LogP contribution in [0.15, 0.2) is 0 Å². The molecule has 0 radical (unpaired) electrons. The zero-order chi connectivity index (χ0) is 23.1. The Morgan fingerprint density at radius 1 is 0.794 bits per heavy atom. The molecule has 6 rings (SSSR count). The number of carbonyl (C=O) groups excluding carboxylic acids is 1. The van der Waals surface area contributed by atoms with E-state index in [1.807, 2.05) is 27.7 Å². The lowest BCUT2D eigenvalue weighted by atomic mass is 9.73. The first-order valence-electron chi connectivity index (χ1n) is 11.3. The minimum Gasteiger partial charge on any atom is -0.390 e. The fourth-order valence-corrected chi connectivity index (χ4v) is 5.70. The molecule has 34 heavy (non-hydrogen) atoms. The third kappa shape index (κ3) is 3.95. The summed E-state index contributed by atoms with van der Waals surface area (Å²) in [5.74, 6) is -1.19. The number of fused-ring (bicyclic) bond motifs is 4. The van der Waals surface area contributed by atoms with Gasteiger partial charge in [0.1, 0.15) is 30.0 Å². The average Bonchev–Trinajstić information content (AvgIpc) is 3.40. The SMILES string of the molecule is C.C.CO[C@@H]1O[C@@]2(CCC2=O)[C@@H]2OC(C)(C)OC12.CO[C@@H]1O[C@@]2(CC[C@H]2O)[C@@H]2OC(C)(C)OC12. The van der Waals surface area contributed by atoms with Crippen LogP contribution in [0.3, 0.4) is 0 Å². The van der Waals surface area contributed by atoms with Gasteiger partial charge in [-0.15, -0.1) is 0 Å². The maximum Gasteiger partial charge on any atom is 0.187 e.